The first kappa shape index (κ1) is 12.2. The number of urea groups is 1. The molecule has 4 heterocycles. The number of carbonyl (C=O) groups excluding carboxylic acids is 1. The van der Waals surface area contributed by atoms with Gasteiger partial charge in [-0.3, -0.25) is 0 Å². The second-order valence-corrected chi connectivity index (χ2v) is 5.23. The highest BCUT2D eigenvalue weighted by Crippen LogP contribution is 2.24. The molecular weight excluding hydrogens is 272 g/mol. The molecule has 9 nitrogen and oxygen atoms in total. The molecule has 9 heteroatoms. The number of rotatable bonds is 2. The molecule has 2 aliphatic heterocycles. The van der Waals surface area contributed by atoms with Crippen LogP contribution in [0.5, 0.6) is 0 Å². The Labute approximate surface area is 120 Å². The fourth-order valence-electron chi connectivity index (χ4n) is 2.99. The van der Waals surface area contributed by atoms with Crippen molar-refractivity contribution in [2.75, 3.05) is 36.5 Å². The van der Waals surface area contributed by atoms with Gasteiger partial charge in [-0.25, -0.2) is 20.6 Å². The summed E-state index contributed by atoms with van der Waals surface area (Å²) in [5.41, 5.74) is 3.37. The van der Waals surface area contributed by atoms with Gasteiger partial charge in [-0.15, -0.1) is 0 Å². The van der Waals surface area contributed by atoms with Crippen molar-refractivity contribution in [1.82, 2.24) is 24.6 Å². The number of nitrogens with zero attached hydrogens (tertiary/aromatic N) is 5. The van der Waals surface area contributed by atoms with E-state index in [4.69, 9.17) is 5.84 Å². The first-order chi connectivity index (χ1) is 10.3. The molecule has 0 aliphatic carbocycles. The van der Waals surface area contributed by atoms with Gasteiger partial charge in [0.05, 0.1) is 12.2 Å². The van der Waals surface area contributed by atoms with Crippen molar-refractivity contribution >= 4 is 23.3 Å². The fraction of sp³-hybridized carbons (Fsp3) is 0.417. The van der Waals surface area contributed by atoms with Crippen LogP contribution < -0.4 is 21.5 Å². The molecule has 4 rings (SSSR count). The maximum atomic E-state index is 11.7. The molecule has 4 N–H and O–H groups in total. The van der Waals surface area contributed by atoms with Crippen molar-refractivity contribution in [2.24, 2.45) is 5.84 Å². The summed E-state index contributed by atoms with van der Waals surface area (Å²) in [7, 11) is 0. The topological polar surface area (TPSA) is 104 Å². The molecule has 21 heavy (non-hydrogen) atoms. The maximum Gasteiger partial charge on any atom is 0.317 e. The van der Waals surface area contributed by atoms with Crippen molar-refractivity contribution < 1.29 is 4.79 Å². The minimum Gasteiger partial charge on any atom is -0.350 e. The first-order valence-electron chi connectivity index (χ1n) is 6.86. The van der Waals surface area contributed by atoms with Gasteiger partial charge in [0.2, 0.25) is 0 Å². The summed E-state index contributed by atoms with van der Waals surface area (Å²) in [6.07, 6.45) is 5.39. The Morgan fingerprint density at radius 2 is 2.33 bits per heavy atom. The number of nitrogens with two attached hydrogens (primary N) is 1. The number of carbonyl (C=O) groups is 1. The second kappa shape index (κ2) is 4.48. The first-order valence-corrected chi connectivity index (χ1v) is 6.86. The Morgan fingerprint density at radius 3 is 3.19 bits per heavy atom. The van der Waals surface area contributed by atoms with Crippen molar-refractivity contribution in [1.29, 1.82) is 0 Å². The largest absolute Gasteiger partial charge is 0.350 e. The predicted molar refractivity (Wildman–Crippen MR) is 76.9 cm³/mol. The van der Waals surface area contributed by atoms with Gasteiger partial charge in [-0.2, -0.15) is 0 Å². The van der Waals surface area contributed by atoms with Crippen LogP contribution in [0.25, 0.3) is 5.65 Å². The molecule has 2 aromatic heterocycles. The lowest BCUT2D eigenvalue weighted by Crippen LogP contribution is -2.52. The Kier molecular flexibility index (Phi) is 2.61. The molecular formula is C12H16N8O. The molecule has 2 aromatic rings. The van der Waals surface area contributed by atoms with E-state index < -0.39 is 0 Å². The molecule has 0 saturated carbocycles. The number of fused-ring (bicyclic) bond motifs is 2. The number of amides is 2. The van der Waals surface area contributed by atoms with Crippen LogP contribution in [0.3, 0.4) is 0 Å². The van der Waals surface area contributed by atoms with Crippen LogP contribution in [0, 0.1) is 0 Å². The van der Waals surface area contributed by atoms with E-state index in [0.717, 1.165) is 24.6 Å². The number of hydrogen-bond acceptors (Lipinski definition) is 6. The van der Waals surface area contributed by atoms with E-state index in [9.17, 15) is 4.79 Å². The number of hydrogen-bond donors (Lipinski definition) is 3. The predicted octanol–water partition coefficient (Wildman–Crippen LogP) is -0.771. The maximum absolute atomic E-state index is 11.7. The van der Waals surface area contributed by atoms with Gasteiger partial charge in [0.15, 0.2) is 17.3 Å². The third-order valence-corrected chi connectivity index (χ3v) is 4.04. The number of anilines is 2. The Balaban J connectivity index is 1.70. The Morgan fingerprint density at radius 1 is 1.43 bits per heavy atom. The average Bonchev–Trinajstić information content (AvgIpc) is 3.12. The highest BCUT2D eigenvalue weighted by Gasteiger charge is 2.36. The number of nitrogens with one attached hydrogen (secondary N) is 2. The number of hydrazine groups is 1. The Bertz CT molecular complexity index is 698. The zero-order valence-electron chi connectivity index (χ0n) is 11.4. The van der Waals surface area contributed by atoms with Crippen molar-refractivity contribution in [3.05, 3.63) is 18.6 Å². The summed E-state index contributed by atoms with van der Waals surface area (Å²) in [5.74, 6) is 6.85. The summed E-state index contributed by atoms with van der Waals surface area (Å²) in [6, 6.07) is 0.202. The lowest BCUT2D eigenvalue weighted by Gasteiger charge is -2.37. The van der Waals surface area contributed by atoms with E-state index in [1.54, 1.807) is 12.4 Å². The van der Waals surface area contributed by atoms with E-state index in [2.05, 4.69) is 25.6 Å². The number of nitrogen functional groups attached to an aromatic ring is 1. The van der Waals surface area contributed by atoms with Crippen LogP contribution in [-0.2, 0) is 0 Å². The number of imidazole rings is 1. The lowest BCUT2D eigenvalue weighted by atomic mass is 10.2. The highest BCUT2D eigenvalue weighted by atomic mass is 16.2. The molecule has 110 valence electrons. The Hall–Kier alpha value is -2.55. The summed E-state index contributed by atoms with van der Waals surface area (Å²) in [5, 5.41) is 2.88. The number of piperazine rings is 1. The third kappa shape index (κ3) is 1.85. The van der Waals surface area contributed by atoms with Crippen LogP contribution in [0.1, 0.15) is 0 Å². The quantitative estimate of drug-likeness (QED) is 0.495. The molecule has 2 aliphatic rings. The minimum atomic E-state index is 0.0240. The van der Waals surface area contributed by atoms with Crippen LogP contribution in [-0.4, -0.2) is 57.5 Å². The van der Waals surface area contributed by atoms with Gasteiger partial charge in [-0.05, 0) is 0 Å². The molecule has 2 amide bonds. The van der Waals surface area contributed by atoms with Crippen LogP contribution in [0.15, 0.2) is 18.6 Å². The summed E-state index contributed by atoms with van der Waals surface area (Å²) < 4.78 is 1.89. The van der Waals surface area contributed by atoms with E-state index in [0.29, 0.717) is 18.9 Å². The van der Waals surface area contributed by atoms with Crippen molar-refractivity contribution in [2.45, 2.75) is 6.04 Å². The average molecular weight is 288 g/mol. The monoisotopic (exact) mass is 288 g/mol. The molecule has 0 radical (unpaired) electrons. The SMILES string of the molecule is NNc1cn2ccnc2c(N2CCN3C(=O)NCC3C2)n1. The third-order valence-electron chi connectivity index (χ3n) is 4.04. The van der Waals surface area contributed by atoms with Gasteiger partial charge >= 0.3 is 6.03 Å². The number of aromatic nitrogens is 3. The summed E-state index contributed by atoms with van der Waals surface area (Å²) in [6.45, 7) is 2.83. The normalized spacial score (nSPS) is 21.6. The zero-order chi connectivity index (χ0) is 14.4. The lowest BCUT2D eigenvalue weighted by molar-refractivity contribution is 0.197. The summed E-state index contributed by atoms with van der Waals surface area (Å²) >= 11 is 0. The van der Waals surface area contributed by atoms with Crippen LogP contribution >= 0.6 is 0 Å². The molecule has 0 bridgehead atoms. The standard InChI is InChI=1S/C12H16N8O/c13-17-9-7-18-2-1-14-10(18)11(16-9)19-3-4-20-8(6-19)5-15-12(20)21/h1-2,7-8,17H,3-6,13H2,(H,15,21). The fourth-order valence-corrected chi connectivity index (χ4v) is 2.99. The van der Waals surface area contributed by atoms with Gasteiger partial charge in [0.25, 0.3) is 0 Å². The van der Waals surface area contributed by atoms with E-state index in [-0.39, 0.29) is 12.1 Å². The van der Waals surface area contributed by atoms with Crippen LogP contribution in [0.2, 0.25) is 0 Å². The minimum absolute atomic E-state index is 0.0240. The molecule has 0 aromatic carbocycles. The second-order valence-electron chi connectivity index (χ2n) is 5.23. The van der Waals surface area contributed by atoms with Crippen LogP contribution in [0.4, 0.5) is 16.4 Å². The molecule has 0 spiro atoms. The summed E-state index contributed by atoms with van der Waals surface area (Å²) in [4.78, 5) is 24.6. The van der Waals surface area contributed by atoms with Crippen molar-refractivity contribution in [3.63, 3.8) is 0 Å². The smallest absolute Gasteiger partial charge is 0.317 e. The van der Waals surface area contributed by atoms with E-state index in [1.165, 1.54) is 0 Å². The zero-order valence-corrected chi connectivity index (χ0v) is 11.4. The molecule has 2 fully saturated rings. The molecule has 2 saturated heterocycles. The van der Waals surface area contributed by atoms with Gasteiger partial charge < -0.3 is 24.9 Å². The molecule has 1 unspecified atom stereocenters. The van der Waals surface area contributed by atoms with Gasteiger partial charge in [0.1, 0.15) is 0 Å². The van der Waals surface area contributed by atoms with Gasteiger partial charge in [-0.1, -0.05) is 0 Å². The van der Waals surface area contributed by atoms with Gasteiger partial charge in [0, 0.05) is 38.6 Å². The van der Waals surface area contributed by atoms with E-state index in [1.807, 2.05) is 15.5 Å². The molecule has 1 atom stereocenters. The van der Waals surface area contributed by atoms with Crippen molar-refractivity contribution in [3.8, 4) is 0 Å². The van der Waals surface area contributed by atoms with E-state index >= 15 is 0 Å². The highest BCUT2D eigenvalue weighted by molar-refractivity contribution is 5.78.